The van der Waals surface area contributed by atoms with Gasteiger partial charge in [-0.05, 0) is 63.5 Å². The summed E-state index contributed by atoms with van der Waals surface area (Å²) in [6.45, 7) is 17.9. The van der Waals surface area contributed by atoms with Crippen molar-refractivity contribution in [2.24, 2.45) is 0 Å². The lowest BCUT2D eigenvalue weighted by molar-refractivity contribution is -0.137. The van der Waals surface area contributed by atoms with Gasteiger partial charge in [-0.25, -0.2) is 4.79 Å². The number of hydrogen-bond donors (Lipinski definition) is 1. The Balaban J connectivity index is 3.28. The summed E-state index contributed by atoms with van der Waals surface area (Å²) >= 11 is 0. The lowest BCUT2D eigenvalue weighted by atomic mass is 9.90. The normalized spacial score (nSPS) is 15.5. The molecule has 1 aromatic carbocycles. The number of alkyl halides is 3. The first-order valence-electron chi connectivity index (χ1n) is 10.8. The van der Waals surface area contributed by atoms with Crippen LogP contribution in [0, 0.1) is 0 Å². The molecular formula is C24H38F3NO3Si. The van der Waals surface area contributed by atoms with Crippen LogP contribution in [0.25, 0.3) is 0 Å². The fourth-order valence-corrected chi connectivity index (χ4v) is 3.82. The molecule has 0 aliphatic heterocycles. The maximum atomic E-state index is 13.0. The van der Waals surface area contributed by atoms with E-state index in [2.05, 4.69) is 39.2 Å². The molecule has 1 amide bonds. The highest BCUT2D eigenvalue weighted by Crippen LogP contribution is 2.37. The minimum atomic E-state index is -4.41. The van der Waals surface area contributed by atoms with Gasteiger partial charge in [-0.2, -0.15) is 13.2 Å². The summed E-state index contributed by atoms with van der Waals surface area (Å²) in [4.78, 5) is 12.6. The largest absolute Gasteiger partial charge is 0.444 e. The van der Waals surface area contributed by atoms with E-state index in [4.69, 9.17) is 9.16 Å². The second kappa shape index (κ2) is 10.4. The summed E-state index contributed by atoms with van der Waals surface area (Å²) in [6, 6.07) is 4.50. The summed E-state index contributed by atoms with van der Waals surface area (Å²) in [5.74, 6) is -0.389. The quantitative estimate of drug-likeness (QED) is 0.334. The Bertz CT molecular complexity index is 776. The Hall–Kier alpha value is -1.80. The summed E-state index contributed by atoms with van der Waals surface area (Å²) in [5, 5.41) is 2.85. The van der Waals surface area contributed by atoms with Gasteiger partial charge in [0.1, 0.15) is 5.60 Å². The molecule has 1 rings (SSSR count). The third kappa shape index (κ3) is 8.62. The van der Waals surface area contributed by atoms with E-state index in [1.165, 1.54) is 12.1 Å². The average molecular weight is 474 g/mol. The first-order valence-corrected chi connectivity index (χ1v) is 13.7. The highest BCUT2D eigenvalue weighted by molar-refractivity contribution is 6.74. The van der Waals surface area contributed by atoms with Crippen LogP contribution >= 0.6 is 0 Å². The summed E-state index contributed by atoms with van der Waals surface area (Å²) in [7, 11) is -2.13. The summed E-state index contributed by atoms with van der Waals surface area (Å²) in [5.41, 5.74) is -0.745. The zero-order chi connectivity index (χ0) is 25.0. The molecule has 0 fully saturated rings. The van der Waals surface area contributed by atoms with Crippen LogP contribution in [0.1, 0.15) is 65.5 Å². The molecule has 32 heavy (non-hydrogen) atoms. The molecule has 0 aliphatic carbocycles. The van der Waals surface area contributed by atoms with Crippen molar-refractivity contribution in [3.05, 3.63) is 47.5 Å². The Labute approximate surface area is 191 Å². The maximum Gasteiger partial charge on any atom is 0.416 e. The van der Waals surface area contributed by atoms with Crippen molar-refractivity contribution in [3.63, 3.8) is 0 Å². The number of halogens is 3. The number of rotatable bonds is 7. The predicted molar refractivity (Wildman–Crippen MR) is 125 cm³/mol. The fraction of sp³-hybridized carbons (Fsp3) is 0.625. The maximum absolute atomic E-state index is 13.0. The van der Waals surface area contributed by atoms with E-state index in [9.17, 15) is 18.0 Å². The van der Waals surface area contributed by atoms with Crippen LogP contribution in [0.4, 0.5) is 18.0 Å². The molecule has 0 heterocycles. The van der Waals surface area contributed by atoms with Crippen LogP contribution in [0.2, 0.25) is 18.1 Å². The number of allylic oxidation sites excluding steroid dienone is 1. The minimum Gasteiger partial charge on any atom is -0.444 e. The summed E-state index contributed by atoms with van der Waals surface area (Å²) in [6.07, 6.45) is -1.32. The van der Waals surface area contributed by atoms with E-state index in [1.807, 2.05) is 19.1 Å². The van der Waals surface area contributed by atoms with Crippen molar-refractivity contribution < 1.29 is 27.1 Å². The lowest BCUT2D eigenvalue weighted by Crippen LogP contribution is -2.49. The van der Waals surface area contributed by atoms with Crippen LogP contribution < -0.4 is 5.32 Å². The highest BCUT2D eigenvalue weighted by atomic mass is 28.4. The monoisotopic (exact) mass is 473 g/mol. The van der Waals surface area contributed by atoms with Crippen LogP contribution in [-0.4, -0.2) is 32.7 Å². The number of alkyl carbamates (subject to hydrolysis) is 1. The van der Waals surface area contributed by atoms with Gasteiger partial charge in [0.15, 0.2) is 8.32 Å². The number of carbonyl (C=O) groups is 1. The van der Waals surface area contributed by atoms with Gasteiger partial charge in [0.05, 0.1) is 18.2 Å². The topological polar surface area (TPSA) is 47.6 Å². The van der Waals surface area contributed by atoms with E-state index in [0.717, 1.165) is 12.1 Å². The third-order valence-electron chi connectivity index (χ3n) is 5.59. The van der Waals surface area contributed by atoms with E-state index < -0.39 is 37.8 Å². The number of nitrogens with one attached hydrogen (secondary N) is 1. The van der Waals surface area contributed by atoms with E-state index in [1.54, 1.807) is 20.8 Å². The van der Waals surface area contributed by atoms with Crippen molar-refractivity contribution in [1.82, 2.24) is 5.32 Å². The predicted octanol–water partition coefficient (Wildman–Crippen LogP) is 7.28. The van der Waals surface area contributed by atoms with E-state index >= 15 is 0 Å². The van der Waals surface area contributed by atoms with E-state index in [0.29, 0.717) is 5.56 Å². The molecule has 8 heteroatoms. The second-order valence-electron chi connectivity index (χ2n) is 10.5. The molecule has 0 bridgehead atoms. The molecule has 0 saturated carbocycles. The molecule has 0 unspecified atom stereocenters. The Morgan fingerprint density at radius 2 is 1.59 bits per heavy atom. The van der Waals surface area contributed by atoms with Crippen molar-refractivity contribution >= 4 is 14.4 Å². The van der Waals surface area contributed by atoms with Crippen molar-refractivity contribution in [2.45, 2.75) is 90.3 Å². The first kappa shape index (κ1) is 28.2. The molecule has 182 valence electrons. The Kier molecular flexibility index (Phi) is 9.19. The van der Waals surface area contributed by atoms with Crippen LogP contribution in [0.15, 0.2) is 36.4 Å². The second-order valence-corrected chi connectivity index (χ2v) is 15.3. The van der Waals surface area contributed by atoms with Crippen LogP contribution in [-0.2, 0) is 15.3 Å². The molecule has 0 aliphatic rings. The molecular weight excluding hydrogens is 435 g/mol. The Morgan fingerprint density at radius 1 is 1.06 bits per heavy atom. The van der Waals surface area contributed by atoms with Crippen LogP contribution in [0.3, 0.4) is 0 Å². The van der Waals surface area contributed by atoms with Gasteiger partial charge in [0.2, 0.25) is 0 Å². The van der Waals surface area contributed by atoms with E-state index in [-0.39, 0.29) is 17.6 Å². The molecule has 1 aromatic rings. The zero-order valence-electron chi connectivity index (χ0n) is 20.7. The summed E-state index contributed by atoms with van der Waals surface area (Å²) < 4.78 is 50.8. The van der Waals surface area contributed by atoms with Crippen molar-refractivity contribution in [1.29, 1.82) is 0 Å². The number of hydrogen-bond acceptors (Lipinski definition) is 3. The number of benzene rings is 1. The third-order valence-corrected chi connectivity index (χ3v) is 10.1. The molecule has 1 N–H and O–H groups in total. The molecule has 0 aromatic heterocycles. The van der Waals surface area contributed by atoms with Gasteiger partial charge in [0, 0.05) is 5.92 Å². The van der Waals surface area contributed by atoms with Gasteiger partial charge in [-0.1, -0.05) is 45.1 Å². The molecule has 0 radical (unpaired) electrons. The van der Waals surface area contributed by atoms with Gasteiger partial charge in [-0.15, -0.1) is 0 Å². The smallest absolute Gasteiger partial charge is 0.416 e. The van der Waals surface area contributed by atoms with Gasteiger partial charge in [0.25, 0.3) is 0 Å². The zero-order valence-corrected chi connectivity index (χ0v) is 21.7. The fourth-order valence-electron chi connectivity index (χ4n) is 2.79. The standard InChI is InChI=1S/C24H38F3NO3Si/c1-10-11-19(17-12-14-18(15-13-17)24(25,26)27)20(28-21(29)31-22(2,3)4)16-30-32(8,9)23(5,6)7/h10-15,19-20H,16H2,1-9H3,(H,28,29)/b11-10+/t19-,20+/m0/s1. The number of ether oxygens (including phenoxy) is 1. The Morgan fingerprint density at radius 3 is 2.00 bits per heavy atom. The van der Waals surface area contributed by atoms with Gasteiger partial charge < -0.3 is 14.5 Å². The number of carbonyl (C=O) groups excluding carboxylic acids is 1. The van der Waals surface area contributed by atoms with Gasteiger partial charge >= 0.3 is 12.3 Å². The first-order chi connectivity index (χ1) is 14.4. The van der Waals surface area contributed by atoms with Gasteiger partial charge in [-0.3, -0.25) is 0 Å². The number of amides is 1. The lowest BCUT2D eigenvalue weighted by Gasteiger charge is -2.38. The minimum absolute atomic E-state index is 0.0338. The molecule has 2 atom stereocenters. The van der Waals surface area contributed by atoms with Crippen molar-refractivity contribution in [2.75, 3.05) is 6.61 Å². The molecule has 0 saturated heterocycles. The molecule has 0 spiro atoms. The average Bonchev–Trinajstić information content (AvgIpc) is 2.60. The SMILES string of the molecule is C/C=C/[C@@H](c1ccc(C(F)(F)F)cc1)[C@@H](CO[Si](C)(C)C(C)(C)C)NC(=O)OC(C)(C)C. The van der Waals surface area contributed by atoms with Crippen LogP contribution in [0.5, 0.6) is 0 Å². The molecule has 4 nitrogen and oxygen atoms in total. The van der Waals surface area contributed by atoms with Crippen molar-refractivity contribution in [3.8, 4) is 0 Å². The highest BCUT2D eigenvalue weighted by Gasteiger charge is 2.39.